The van der Waals surface area contributed by atoms with Crippen LogP contribution in [0.2, 0.25) is 5.02 Å². The molecule has 3 rings (SSSR count). The Morgan fingerprint density at radius 1 is 1.12 bits per heavy atom. The fourth-order valence-electron chi connectivity index (χ4n) is 3.14. The largest absolute Gasteiger partial charge is 0.493 e. The number of nitrogens with one attached hydrogen (secondary N) is 1. The van der Waals surface area contributed by atoms with Gasteiger partial charge in [0.05, 0.1) is 7.11 Å². The molecule has 1 saturated carbocycles. The highest BCUT2D eigenvalue weighted by molar-refractivity contribution is 9.10. The number of rotatable bonds is 7. The van der Waals surface area contributed by atoms with E-state index in [-0.39, 0.29) is 0 Å². The minimum atomic E-state index is 0.405. The van der Waals surface area contributed by atoms with Crippen LogP contribution >= 0.6 is 27.5 Å². The number of benzene rings is 2. The molecular weight excluding hydrogens is 402 g/mol. The maximum atomic E-state index is 6.20. The highest BCUT2D eigenvalue weighted by Crippen LogP contribution is 2.34. The van der Waals surface area contributed by atoms with Crippen molar-refractivity contribution in [2.24, 2.45) is 0 Å². The van der Waals surface area contributed by atoms with E-state index in [4.69, 9.17) is 21.1 Å². The molecule has 0 bridgehead atoms. The first kappa shape index (κ1) is 18.6. The molecular formula is C20H23BrClNO2. The molecule has 25 heavy (non-hydrogen) atoms. The van der Waals surface area contributed by atoms with E-state index in [0.29, 0.717) is 23.4 Å². The number of hydrogen-bond donors (Lipinski definition) is 1. The molecule has 0 heterocycles. The Kier molecular flexibility index (Phi) is 6.63. The number of ether oxygens (including phenoxy) is 2. The summed E-state index contributed by atoms with van der Waals surface area (Å²) in [4.78, 5) is 0. The summed E-state index contributed by atoms with van der Waals surface area (Å²) in [5, 5.41) is 4.34. The van der Waals surface area contributed by atoms with E-state index in [9.17, 15) is 0 Å². The minimum Gasteiger partial charge on any atom is -0.493 e. The molecule has 134 valence electrons. The van der Waals surface area contributed by atoms with Crippen LogP contribution in [0.5, 0.6) is 11.5 Å². The van der Waals surface area contributed by atoms with Gasteiger partial charge in [0.2, 0.25) is 0 Å². The van der Waals surface area contributed by atoms with Crippen molar-refractivity contribution in [3.05, 3.63) is 57.0 Å². The predicted octanol–water partition coefficient (Wildman–Crippen LogP) is 5.72. The zero-order valence-corrected chi connectivity index (χ0v) is 16.7. The van der Waals surface area contributed by atoms with Crippen LogP contribution in [-0.4, -0.2) is 13.2 Å². The molecule has 0 aromatic heterocycles. The van der Waals surface area contributed by atoms with Crippen molar-refractivity contribution in [2.75, 3.05) is 7.11 Å². The van der Waals surface area contributed by atoms with Crippen molar-refractivity contribution in [2.45, 2.75) is 44.9 Å². The van der Waals surface area contributed by atoms with Crippen molar-refractivity contribution >= 4 is 27.5 Å². The van der Waals surface area contributed by atoms with Gasteiger partial charge in [-0.15, -0.1) is 0 Å². The first-order valence-corrected chi connectivity index (χ1v) is 9.80. The van der Waals surface area contributed by atoms with Crippen molar-refractivity contribution in [1.29, 1.82) is 0 Å². The van der Waals surface area contributed by atoms with Crippen molar-refractivity contribution in [3.63, 3.8) is 0 Å². The van der Waals surface area contributed by atoms with Gasteiger partial charge in [-0.3, -0.25) is 0 Å². The van der Waals surface area contributed by atoms with Gasteiger partial charge in [0, 0.05) is 27.6 Å². The van der Waals surface area contributed by atoms with E-state index in [1.807, 2.05) is 36.4 Å². The zero-order valence-electron chi connectivity index (χ0n) is 14.4. The van der Waals surface area contributed by atoms with Crippen LogP contribution in [0.3, 0.4) is 0 Å². The summed E-state index contributed by atoms with van der Waals surface area (Å²) in [5.74, 6) is 1.44. The first-order valence-electron chi connectivity index (χ1n) is 8.63. The molecule has 3 nitrogen and oxygen atoms in total. The Morgan fingerprint density at radius 3 is 2.60 bits per heavy atom. The quantitative estimate of drug-likeness (QED) is 0.616. The molecule has 5 heteroatoms. The summed E-state index contributed by atoms with van der Waals surface area (Å²) in [6.45, 7) is 1.23. The predicted molar refractivity (Wildman–Crippen MR) is 106 cm³/mol. The van der Waals surface area contributed by atoms with Crippen LogP contribution in [0, 0.1) is 0 Å². The Labute approximate surface area is 162 Å². The Bertz CT molecular complexity index is 717. The van der Waals surface area contributed by atoms with Gasteiger partial charge in [-0.2, -0.15) is 0 Å². The lowest BCUT2D eigenvalue weighted by molar-refractivity contribution is 0.284. The molecule has 1 aliphatic carbocycles. The molecule has 0 aliphatic heterocycles. The first-order chi connectivity index (χ1) is 12.2. The summed E-state index contributed by atoms with van der Waals surface area (Å²) in [7, 11) is 1.67. The molecule has 1 N–H and O–H groups in total. The molecule has 1 fully saturated rings. The average molecular weight is 425 g/mol. The Morgan fingerprint density at radius 2 is 1.88 bits per heavy atom. The standard InChI is InChI=1S/C20H23BrClNO2/c1-24-19-10-15(12-23-16-7-3-4-8-16)17(21)11-20(19)25-13-14-6-2-5-9-18(14)22/h2,5-6,9-11,16,23H,3-4,7-8,12-13H2,1H3. The van der Waals surface area contributed by atoms with Crippen LogP contribution in [0.1, 0.15) is 36.8 Å². The minimum absolute atomic E-state index is 0.405. The summed E-state index contributed by atoms with van der Waals surface area (Å²) in [5.41, 5.74) is 2.13. The molecule has 0 spiro atoms. The van der Waals surface area contributed by atoms with Crippen LogP contribution in [0.25, 0.3) is 0 Å². The number of halogens is 2. The summed E-state index contributed by atoms with van der Waals surface area (Å²) < 4.78 is 12.5. The third kappa shape index (κ3) is 4.90. The van der Waals surface area contributed by atoms with Gasteiger partial charge in [-0.25, -0.2) is 0 Å². The molecule has 2 aromatic rings. The summed E-state index contributed by atoms with van der Waals surface area (Å²) >= 11 is 9.85. The Balaban J connectivity index is 1.69. The third-order valence-corrected chi connectivity index (χ3v) is 5.72. The zero-order chi connectivity index (χ0) is 17.6. The number of hydrogen-bond acceptors (Lipinski definition) is 3. The monoisotopic (exact) mass is 423 g/mol. The van der Waals surface area contributed by atoms with E-state index in [0.717, 1.165) is 22.3 Å². The second kappa shape index (κ2) is 8.93. The third-order valence-electron chi connectivity index (χ3n) is 4.61. The van der Waals surface area contributed by atoms with Gasteiger partial charge >= 0.3 is 0 Å². The second-order valence-corrected chi connectivity index (χ2v) is 7.60. The summed E-state index contributed by atoms with van der Waals surface area (Å²) in [6, 6.07) is 12.3. The van der Waals surface area contributed by atoms with E-state index in [1.165, 1.54) is 31.2 Å². The Hall–Kier alpha value is -1.23. The van der Waals surface area contributed by atoms with Gasteiger partial charge in [0.25, 0.3) is 0 Å². The van der Waals surface area contributed by atoms with Gasteiger partial charge in [-0.05, 0) is 36.6 Å². The topological polar surface area (TPSA) is 30.5 Å². The van der Waals surface area contributed by atoms with E-state index in [2.05, 4.69) is 21.2 Å². The van der Waals surface area contributed by atoms with Crippen LogP contribution in [0.4, 0.5) is 0 Å². The van der Waals surface area contributed by atoms with Gasteiger partial charge in [-0.1, -0.05) is 58.6 Å². The molecule has 0 amide bonds. The fraction of sp³-hybridized carbons (Fsp3) is 0.400. The van der Waals surface area contributed by atoms with E-state index >= 15 is 0 Å². The average Bonchev–Trinajstić information content (AvgIpc) is 3.13. The van der Waals surface area contributed by atoms with Crippen molar-refractivity contribution < 1.29 is 9.47 Å². The van der Waals surface area contributed by atoms with E-state index in [1.54, 1.807) is 7.11 Å². The second-order valence-electron chi connectivity index (χ2n) is 6.34. The van der Waals surface area contributed by atoms with Crippen LogP contribution < -0.4 is 14.8 Å². The maximum Gasteiger partial charge on any atom is 0.162 e. The van der Waals surface area contributed by atoms with Crippen molar-refractivity contribution in [3.8, 4) is 11.5 Å². The lowest BCUT2D eigenvalue weighted by atomic mass is 10.1. The van der Waals surface area contributed by atoms with Gasteiger partial charge < -0.3 is 14.8 Å². The molecule has 0 radical (unpaired) electrons. The number of methoxy groups -OCH3 is 1. The lowest BCUT2D eigenvalue weighted by Crippen LogP contribution is -2.25. The van der Waals surface area contributed by atoms with E-state index < -0.39 is 0 Å². The molecule has 0 saturated heterocycles. The highest BCUT2D eigenvalue weighted by Gasteiger charge is 2.16. The molecule has 0 unspecified atom stereocenters. The lowest BCUT2D eigenvalue weighted by Gasteiger charge is -2.16. The SMILES string of the molecule is COc1cc(CNC2CCCC2)c(Br)cc1OCc1ccccc1Cl. The van der Waals surface area contributed by atoms with Crippen LogP contribution in [0.15, 0.2) is 40.9 Å². The smallest absolute Gasteiger partial charge is 0.162 e. The normalized spacial score (nSPS) is 14.7. The molecule has 1 aliphatic rings. The highest BCUT2D eigenvalue weighted by atomic mass is 79.9. The van der Waals surface area contributed by atoms with Crippen LogP contribution in [-0.2, 0) is 13.2 Å². The maximum absolute atomic E-state index is 6.20. The van der Waals surface area contributed by atoms with Gasteiger partial charge in [0.1, 0.15) is 6.61 Å². The van der Waals surface area contributed by atoms with Gasteiger partial charge in [0.15, 0.2) is 11.5 Å². The molecule has 0 atom stereocenters. The summed E-state index contributed by atoms with van der Waals surface area (Å²) in [6.07, 6.45) is 5.20. The van der Waals surface area contributed by atoms with Crippen molar-refractivity contribution in [1.82, 2.24) is 5.32 Å². The molecule has 2 aromatic carbocycles. The fourth-order valence-corrected chi connectivity index (χ4v) is 3.79.